The van der Waals surface area contributed by atoms with Crippen LogP contribution in [0.15, 0.2) is 30.3 Å². The SMILES string of the molecule is CCOC(=O)N1c2cc(OCC)c(OC)cc2C(N(Cc2cc(C(F)(F)F)cc(C(F)(F)F)c2)C(=O)OC)CC1C. The van der Waals surface area contributed by atoms with Crippen molar-refractivity contribution >= 4 is 17.9 Å². The summed E-state index contributed by atoms with van der Waals surface area (Å²) in [5.74, 6) is 0.505. The summed E-state index contributed by atoms with van der Waals surface area (Å²) >= 11 is 0. The minimum atomic E-state index is -5.07. The summed E-state index contributed by atoms with van der Waals surface area (Å²) in [5.41, 5.74) is -2.85. The third-order valence-electron chi connectivity index (χ3n) is 6.49. The third-order valence-corrected chi connectivity index (χ3v) is 6.49. The molecule has 2 atom stereocenters. The van der Waals surface area contributed by atoms with Gasteiger partial charge in [-0.25, -0.2) is 9.59 Å². The number of ether oxygens (including phenoxy) is 4. The van der Waals surface area contributed by atoms with Crippen molar-refractivity contribution in [2.45, 2.75) is 58.2 Å². The van der Waals surface area contributed by atoms with Crippen molar-refractivity contribution in [3.63, 3.8) is 0 Å². The van der Waals surface area contributed by atoms with Crippen LogP contribution in [0.2, 0.25) is 0 Å². The molecule has 0 spiro atoms. The molecule has 0 fully saturated rings. The summed E-state index contributed by atoms with van der Waals surface area (Å²) in [7, 11) is 2.41. The van der Waals surface area contributed by atoms with Crippen LogP contribution >= 0.6 is 0 Å². The van der Waals surface area contributed by atoms with Crippen molar-refractivity contribution in [1.29, 1.82) is 0 Å². The van der Waals surface area contributed by atoms with Gasteiger partial charge in [-0.15, -0.1) is 0 Å². The summed E-state index contributed by atoms with van der Waals surface area (Å²) in [6, 6.07) is 2.58. The monoisotopic (exact) mass is 592 g/mol. The van der Waals surface area contributed by atoms with Gasteiger partial charge in [0, 0.05) is 24.2 Å². The van der Waals surface area contributed by atoms with Crippen LogP contribution in [0.4, 0.5) is 41.6 Å². The van der Waals surface area contributed by atoms with E-state index in [0.717, 1.165) is 12.0 Å². The molecule has 3 rings (SSSR count). The fourth-order valence-corrected chi connectivity index (χ4v) is 4.75. The predicted molar refractivity (Wildman–Crippen MR) is 135 cm³/mol. The minimum Gasteiger partial charge on any atom is -0.493 e. The maximum atomic E-state index is 13.5. The van der Waals surface area contributed by atoms with E-state index in [4.69, 9.17) is 18.9 Å². The molecule has 0 aliphatic carbocycles. The molecule has 0 bridgehead atoms. The van der Waals surface area contributed by atoms with Crippen LogP contribution in [-0.4, -0.2) is 50.6 Å². The molecule has 2 amide bonds. The van der Waals surface area contributed by atoms with Gasteiger partial charge >= 0.3 is 24.5 Å². The number of hydrogen-bond acceptors (Lipinski definition) is 6. The molecule has 226 valence electrons. The number of fused-ring (bicyclic) bond motifs is 1. The highest BCUT2D eigenvalue weighted by molar-refractivity contribution is 5.91. The number of carbonyl (C=O) groups is 2. The molecule has 41 heavy (non-hydrogen) atoms. The highest BCUT2D eigenvalue weighted by Crippen LogP contribution is 2.47. The van der Waals surface area contributed by atoms with E-state index >= 15 is 0 Å². The Balaban J connectivity index is 2.21. The zero-order valence-corrected chi connectivity index (χ0v) is 23.0. The quantitative estimate of drug-likeness (QED) is 0.317. The standard InChI is InChI=1S/C27H30F6N2O6/c1-6-40-23-13-21-19(12-22(23)38-4)20(8-15(3)35(21)25(37)41-7-2)34(24(36)39-5)14-16-9-17(26(28,29)30)11-18(10-16)27(31,32)33/h9-13,15,20H,6-8,14H2,1-5H3. The number of halogens is 6. The second-order valence-electron chi connectivity index (χ2n) is 9.18. The maximum absolute atomic E-state index is 13.5. The van der Waals surface area contributed by atoms with Gasteiger partial charge in [0.05, 0.1) is 50.3 Å². The number of anilines is 1. The van der Waals surface area contributed by atoms with Gasteiger partial charge in [0.25, 0.3) is 0 Å². The van der Waals surface area contributed by atoms with E-state index in [1.807, 2.05) is 0 Å². The van der Waals surface area contributed by atoms with Crippen LogP contribution < -0.4 is 14.4 Å². The predicted octanol–water partition coefficient (Wildman–Crippen LogP) is 7.20. The Morgan fingerprint density at radius 1 is 0.927 bits per heavy atom. The van der Waals surface area contributed by atoms with Crippen LogP contribution in [0.3, 0.4) is 0 Å². The Labute approximate surface area is 232 Å². The van der Waals surface area contributed by atoms with Crippen molar-refractivity contribution in [1.82, 2.24) is 4.90 Å². The van der Waals surface area contributed by atoms with Gasteiger partial charge in [-0.3, -0.25) is 9.80 Å². The average molecular weight is 593 g/mol. The smallest absolute Gasteiger partial charge is 0.416 e. The molecule has 0 saturated carbocycles. The van der Waals surface area contributed by atoms with Crippen LogP contribution in [0.1, 0.15) is 55.5 Å². The first kappa shape index (κ1) is 31.7. The Bertz CT molecular complexity index is 1230. The summed E-state index contributed by atoms with van der Waals surface area (Å²) in [6.45, 7) is 4.68. The third kappa shape index (κ3) is 6.91. The first-order valence-electron chi connectivity index (χ1n) is 12.6. The summed E-state index contributed by atoms with van der Waals surface area (Å²) in [4.78, 5) is 28.3. The lowest BCUT2D eigenvalue weighted by Crippen LogP contribution is -2.47. The molecule has 0 radical (unpaired) electrons. The van der Waals surface area contributed by atoms with Gasteiger partial charge in [-0.1, -0.05) is 0 Å². The Morgan fingerprint density at radius 2 is 1.54 bits per heavy atom. The molecule has 0 aromatic heterocycles. The van der Waals surface area contributed by atoms with Crippen LogP contribution in [0.5, 0.6) is 11.5 Å². The van der Waals surface area contributed by atoms with E-state index in [1.54, 1.807) is 20.8 Å². The molecule has 1 heterocycles. The Kier molecular flexibility index (Phi) is 9.54. The molecule has 8 nitrogen and oxygen atoms in total. The van der Waals surface area contributed by atoms with Gasteiger partial charge in [0.15, 0.2) is 11.5 Å². The number of amides is 2. The fraction of sp³-hybridized carbons (Fsp3) is 0.481. The topological polar surface area (TPSA) is 77.5 Å². The molecular formula is C27H30F6N2O6. The maximum Gasteiger partial charge on any atom is 0.416 e. The molecule has 2 aromatic carbocycles. The number of carbonyl (C=O) groups excluding carboxylic acids is 2. The van der Waals surface area contributed by atoms with Gasteiger partial charge < -0.3 is 18.9 Å². The second kappa shape index (κ2) is 12.4. The lowest BCUT2D eigenvalue weighted by atomic mass is 9.90. The van der Waals surface area contributed by atoms with Gasteiger partial charge in [0.2, 0.25) is 0 Å². The molecule has 1 aliphatic rings. The number of rotatable bonds is 7. The van der Waals surface area contributed by atoms with E-state index in [1.165, 1.54) is 24.1 Å². The van der Waals surface area contributed by atoms with E-state index in [-0.39, 0.29) is 42.9 Å². The number of alkyl halides is 6. The molecule has 2 aromatic rings. The van der Waals surface area contributed by atoms with E-state index in [2.05, 4.69) is 0 Å². The molecular weight excluding hydrogens is 562 g/mol. The van der Waals surface area contributed by atoms with Crippen molar-refractivity contribution < 1.29 is 54.9 Å². The Hall–Kier alpha value is -3.84. The lowest BCUT2D eigenvalue weighted by molar-refractivity contribution is -0.143. The summed E-state index contributed by atoms with van der Waals surface area (Å²) in [6.07, 6.45) is -11.8. The lowest BCUT2D eigenvalue weighted by Gasteiger charge is -2.42. The zero-order valence-electron chi connectivity index (χ0n) is 23.0. The number of hydrogen-bond donors (Lipinski definition) is 0. The molecule has 14 heteroatoms. The molecule has 1 aliphatic heterocycles. The molecule has 0 saturated heterocycles. The first-order valence-corrected chi connectivity index (χ1v) is 12.6. The van der Waals surface area contributed by atoms with Crippen molar-refractivity contribution in [3.05, 3.63) is 52.6 Å². The van der Waals surface area contributed by atoms with E-state index in [0.29, 0.717) is 17.7 Å². The minimum absolute atomic E-state index is 0.0152. The number of benzene rings is 2. The van der Waals surface area contributed by atoms with Gasteiger partial charge in [-0.2, -0.15) is 26.3 Å². The largest absolute Gasteiger partial charge is 0.493 e. The summed E-state index contributed by atoms with van der Waals surface area (Å²) in [5, 5.41) is 0. The second-order valence-corrected chi connectivity index (χ2v) is 9.18. The van der Waals surface area contributed by atoms with Crippen LogP contribution in [-0.2, 0) is 28.4 Å². The molecule has 2 unspecified atom stereocenters. The van der Waals surface area contributed by atoms with Crippen molar-refractivity contribution in [2.24, 2.45) is 0 Å². The van der Waals surface area contributed by atoms with E-state index in [9.17, 15) is 35.9 Å². The Morgan fingerprint density at radius 3 is 2.02 bits per heavy atom. The zero-order chi connectivity index (χ0) is 30.7. The number of nitrogens with zero attached hydrogens (tertiary/aromatic N) is 2. The highest BCUT2D eigenvalue weighted by atomic mass is 19.4. The van der Waals surface area contributed by atoms with Crippen molar-refractivity contribution in [2.75, 3.05) is 32.3 Å². The van der Waals surface area contributed by atoms with Crippen LogP contribution in [0.25, 0.3) is 0 Å². The summed E-state index contributed by atoms with van der Waals surface area (Å²) < 4.78 is 102. The normalized spacial score (nSPS) is 17.0. The van der Waals surface area contributed by atoms with Gasteiger partial charge in [-0.05, 0) is 57.0 Å². The number of methoxy groups -OCH3 is 2. The fourth-order valence-electron chi connectivity index (χ4n) is 4.75. The van der Waals surface area contributed by atoms with Crippen molar-refractivity contribution in [3.8, 4) is 11.5 Å². The van der Waals surface area contributed by atoms with E-state index < -0.39 is 59.9 Å². The van der Waals surface area contributed by atoms with Gasteiger partial charge in [0.1, 0.15) is 0 Å². The van der Waals surface area contributed by atoms with Crippen LogP contribution in [0, 0.1) is 0 Å². The first-order chi connectivity index (χ1) is 19.2. The molecule has 0 N–H and O–H groups in total. The average Bonchev–Trinajstić information content (AvgIpc) is 2.89. The highest BCUT2D eigenvalue weighted by Gasteiger charge is 2.41.